The first-order chi connectivity index (χ1) is 11.7. The molecule has 3 aromatic rings. The fraction of sp³-hybridized carbons (Fsp3) is 0.263. The van der Waals surface area contributed by atoms with Gasteiger partial charge in [0.05, 0.1) is 7.11 Å². The number of benzene rings is 1. The van der Waals surface area contributed by atoms with Gasteiger partial charge in [-0.05, 0) is 37.2 Å². The number of likely N-dealkylation sites (N-methyl/N-ethyl adjacent to an activating group) is 1. The number of aromatic nitrogens is 3. The number of fused-ring (bicyclic) bond motifs is 1. The van der Waals surface area contributed by atoms with Crippen LogP contribution in [0.3, 0.4) is 0 Å². The summed E-state index contributed by atoms with van der Waals surface area (Å²) >= 11 is 0. The highest BCUT2D eigenvalue weighted by molar-refractivity contribution is 5.95. The topological polar surface area (TPSA) is 54.0 Å². The van der Waals surface area contributed by atoms with Gasteiger partial charge in [0.2, 0.25) is 5.88 Å². The number of H-pyrrole nitrogens is 1. The number of aromatic amines is 1. The van der Waals surface area contributed by atoms with Gasteiger partial charge in [-0.25, -0.2) is 4.98 Å². The lowest BCUT2D eigenvalue weighted by Crippen LogP contribution is -2.23. The molecule has 1 aromatic carbocycles. The van der Waals surface area contributed by atoms with Crippen molar-refractivity contribution in [3.63, 3.8) is 0 Å². The second kappa shape index (κ2) is 6.09. The van der Waals surface area contributed by atoms with Crippen LogP contribution in [0.2, 0.25) is 0 Å². The first-order valence-corrected chi connectivity index (χ1v) is 8.11. The van der Waals surface area contributed by atoms with Crippen molar-refractivity contribution < 1.29 is 4.74 Å². The second-order valence-corrected chi connectivity index (χ2v) is 6.13. The highest BCUT2D eigenvalue weighted by Gasteiger charge is 2.14. The lowest BCUT2D eigenvalue weighted by molar-refractivity contribution is 0.370. The van der Waals surface area contributed by atoms with Gasteiger partial charge in [-0.15, -0.1) is 0 Å². The van der Waals surface area contributed by atoms with E-state index < -0.39 is 0 Å². The van der Waals surface area contributed by atoms with Gasteiger partial charge in [-0.3, -0.25) is 0 Å². The Morgan fingerprint density at radius 3 is 2.96 bits per heavy atom. The molecule has 4 rings (SSSR count). The standard InChI is InChI=1S/C19H20N4O/c1-23-9-6-13(7-10-23)16-12-21-17-4-3-14(11-15(16)17)19-20-8-5-18(22-19)24-2/h3-6,8,11-12,21H,7,9-10H2,1-2H3. The maximum Gasteiger partial charge on any atom is 0.216 e. The number of hydrogen-bond acceptors (Lipinski definition) is 4. The third-order valence-electron chi connectivity index (χ3n) is 4.54. The first-order valence-electron chi connectivity index (χ1n) is 8.11. The molecule has 1 N–H and O–H groups in total. The minimum Gasteiger partial charge on any atom is -0.481 e. The van der Waals surface area contributed by atoms with Gasteiger partial charge in [-0.1, -0.05) is 6.08 Å². The number of rotatable bonds is 3. The molecule has 0 spiro atoms. The van der Waals surface area contributed by atoms with Gasteiger partial charge in [-0.2, -0.15) is 4.98 Å². The van der Waals surface area contributed by atoms with Gasteiger partial charge >= 0.3 is 0 Å². The molecule has 0 bridgehead atoms. The van der Waals surface area contributed by atoms with E-state index in [2.05, 4.69) is 51.3 Å². The van der Waals surface area contributed by atoms with Crippen molar-refractivity contribution >= 4 is 16.5 Å². The molecule has 5 nitrogen and oxygen atoms in total. The van der Waals surface area contributed by atoms with Gasteiger partial charge in [0, 0.05) is 53.6 Å². The number of nitrogens with one attached hydrogen (secondary N) is 1. The molecular formula is C19H20N4O. The van der Waals surface area contributed by atoms with Crippen molar-refractivity contribution in [3.05, 3.63) is 48.3 Å². The minimum atomic E-state index is 0.576. The Kier molecular flexibility index (Phi) is 3.78. The second-order valence-electron chi connectivity index (χ2n) is 6.13. The summed E-state index contributed by atoms with van der Waals surface area (Å²) < 4.78 is 5.21. The summed E-state index contributed by atoms with van der Waals surface area (Å²) in [5.41, 5.74) is 4.82. The number of hydrogen-bond donors (Lipinski definition) is 1. The Bertz CT molecular complexity index is 913. The summed E-state index contributed by atoms with van der Waals surface area (Å²) in [6, 6.07) is 8.05. The Morgan fingerprint density at radius 1 is 1.25 bits per heavy atom. The molecule has 0 atom stereocenters. The summed E-state index contributed by atoms with van der Waals surface area (Å²) in [5.74, 6) is 1.26. The minimum absolute atomic E-state index is 0.576. The average molecular weight is 320 g/mol. The van der Waals surface area contributed by atoms with Crippen LogP contribution in [0.1, 0.15) is 12.0 Å². The number of methoxy groups -OCH3 is 1. The Hall–Kier alpha value is -2.66. The highest BCUT2D eigenvalue weighted by atomic mass is 16.5. The van der Waals surface area contributed by atoms with Crippen LogP contribution < -0.4 is 4.74 Å². The molecule has 0 saturated heterocycles. The van der Waals surface area contributed by atoms with Crippen LogP contribution in [0.15, 0.2) is 42.7 Å². The summed E-state index contributed by atoms with van der Waals surface area (Å²) in [5, 5.41) is 1.22. The third-order valence-corrected chi connectivity index (χ3v) is 4.54. The molecule has 2 aromatic heterocycles. The van der Waals surface area contributed by atoms with Gasteiger partial charge in [0.25, 0.3) is 0 Å². The lowest BCUT2D eigenvalue weighted by Gasteiger charge is -2.21. The molecule has 5 heteroatoms. The number of nitrogens with zero attached hydrogens (tertiary/aromatic N) is 3. The summed E-state index contributed by atoms with van der Waals surface area (Å²) in [6.07, 6.45) is 7.23. The average Bonchev–Trinajstić information content (AvgIpc) is 3.05. The molecule has 3 heterocycles. The molecule has 24 heavy (non-hydrogen) atoms. The molecule has 0 amide bonds. The van der Waals surface area contributed by atoms with Crippen LogP contribution in [0.4, 0.5) is 0 Å². The van der Waals surface area contributed by atoms with Crippen LogP contribution in [0, 0.1) is 0 Å². The SMILES string of the molecule is COc1ccnc(-c2ccc3[nH]cc(C4=CCN(C)CC4)c3c2)n1. The maximum atomic E-state index is 5.21. The summed E-state index contributed by atoms with van der Waals surface area (Å²) in [4.78, 5) is 14.5. The van der Waals surface area contributed by atoms with Gasteiger partial charge in [0.1, 0.15) is 0 Å². The molecule has 0 saturated carbocycles. The van der Waals surface area contributed by atoms with Crippen molar-refractivity contribution in [3.8, 4) is 17.3 Å². The molecule has 1 aliphatic heterocycles. The number of ether oxygens (including phenoxy) is 1. The van der Waals surface area contributed by atoms with Crippen molar-refractivity contribution in [2.75, 3.05) is 27.2 Å². The van der Waals surface area contributed by atoms with Crippen molar-refractivity contribution in [2.45, 2.75) is 6.42 Å². The zero-order chi connectivity index (χ0) is 16.5. The van der Waals surface area contributed by atoms with E-state index >= 15 is 0 Å². The summed E-state index contributed by atoms with van der Waals surface area (Å²) in [7, 11) is 3.77. The normalized spacial score (nSPS) is 15.5. The molecule has 0 aliphatic carbocycles. The van der Waals surface area contributed by atoms with E-state index in [9.17, 15) is 0 Å². The van der Waals surface area contributed by atoms with Crippen LogP contribution >= 0.6 is 0 Å². The van der Waals surface area contributed by atoms with E-state index in [-0.39, 0.29) is 0 Å². The predicted molar refractivity (Wildman–Crippen MR) is 96.0 cm³/mol. The van der Waals surface area contributed by atoms with E-state index in [0.29, 0.717) is 11.7 Å². The monoisotopic (exact) mass is 320 g/mol. The van der Waals surface area contributed by atoms with Crippen LogP contribution in [-0.2, 0) is 0 Å². The zero-order valence-electron chi connectivity index (χ0n) is 13.9. The Labute approximate surface area is 141 Å². The fourth-order valence-corrected chi connectivity index (χ4v) is 3.14. The zero-order valence-corrected chi connectivity index (χ0v) is 13.9. The van der Waals surface area contributed by atoms with E-state index in [4.69, 9.17) is 4.74 Å². The lowest BCUT2D eigenvalue weighted by atomic mass is 9.98. The van der Waals surface area contributed by atoms with Crippen molar-refractivity contribution in [1.29, 1.82) is 0 Å². The molecule has 0 radical (unpaired) electrons. The summed E-state index contributed by atoms with van der Waals surface area (Å²) in [6.45, 7) is 2.10. The van der Waals surface area contributed by atoms with Crippen molar-refractivity contribution in [2.24, 2.45) is 0 Å². The van der Waals surface area contributed by atoms with Crippen LogP contribution in [-0.4, -0.2) is 47.1 Å². The Balaban J connectivity index is 1.78. The van der Waals surface area contributed by atoms with Crippen LogP contribution in [0.5, 0.6) is 5.88 Å². The molecule has 0 fully saturated rings. The highest BCUT2D eigenvalue weighted by Crippen LogP contribution is 2.31. The van der Waals surface area contributed by atoms with E-state index in [1.165, 1.54) is 16.5 Å². The first kappa shape index (κ1) is 14.9. The predicted octanol–water partition coefficient (Wildman–Crippen LogP) is 3.35. The largest absolute Gasteiger partial charge is 0.481 e. The smallest absolute Gasteiger partial charge is 0.216 e. The van der Waals surface area contributed by atoms with Crippen LogP contribution in [0.25, 0.3) is 27.9 Å². The maximum absolute atomic E-state index is 5.21. The third kappa shape index (κ3) is 2.67. The molecule has 1 aliphatic rings. The molecule has 0 unspecified atom stereocenters. The van der Waals surface area contributed by atoms with Crippen molar-refractivity contribution in [1.82, 2.24) is 19.9 Å². The molecule has 122 valence electrons. The Morgan fingerprint density at radius 2 is 2.17 bits per heavy atom. The quantitative estimate of drug-likeness (QED) is 0.804. The van der Waals surface area contributed by atoms with E-state index in [0.717, 1.165) is 30.6 Å². The molecular weight excluding hydrogens is 300 g/mol. The van der Waals surface area contributed by atoms with E-state index in [1.54, 1.807) is 19.4 Å². The van der Waals surface area contributed by atoms with E-state index in [1.807, 2.05) is 6.07 Å². The fourth-order valence-electron chi connectivity index (χ4n) is 3.14. The van der Waals surface area contributed by atoms with Gasteiger partial charge < -0.3 is 14.6 Å². The van der Waals surface area contributed by atoms with Gasteiger partial charge in [0.15, 0.2) is 5.82 Å².